The van der Waals surface area contributed by atoms with Crippen LogP contribution in [0.2, 0.25) is 0 Å². The van der Waals surface area contributed by atoms with Crippen LogP contribution in [0.15, 0.2) is 29.2 Å². The van der Waals surface area contributed by atoms with Gasteiger partial charge in [-0.1, -0.05) is 38.8 Å². The lowest BCUT2D eigenvalue weighted by Crippen LogP contribution is -2.55. The summed E-state index contributed by atoms with van der Waals surface area (Å²) in [5.41, 5.74) is 2.25. The predicted octanol–water partition coefficient (Wildman–Crippen LogP) is 5.61. The minimum Gasteiger partial charge on any atom is -0.303 e. The first-order valence-electron chi connectivity index (χ1n) is 13.4. The van der Waals surface area contributed by atoms with Gasteiger partial charge >= 0.3 is 0 Å². The van der Waals surface area contributed by atoms with Gasteiger partial charge in [0.2, 0.25) is 10.0 Å². The molecule has 0 heterocycles. The molecule has 7 atom stereocenters. The van der Waals surface area contributed by atoms with Crippen molar-refractivity contribution < 1.29 is 8.42 Å². The maximum absolute atomic E-state index is 11.5. The average Bonchev–Trinajstić information content (AvgIpc) is 3.14. The number of likely N-dealkylation sites (N-methyl/N-ethyl adjacent to an activating group) is 1. The van der Waals surface area contributed by atoms with Gasteiger partial charge in [0.1, 0.15) is 0 Å². The maximum Gasteiger partial charge on any atom is 0.238 e. The Kier molecular flexibility index (Phi) is 6.23. The summed E-state index contributed by atoms with van der Waals surface area (Å²) >= 11 is 0. The first-order chi connectivity index (χ1) is 15.6. The van der Waals surface area contributed by atoms with E-state index in [9.17, 15) is 8.42 Å². The van der Waals surface area contributed by atoms with Crippen molar-refractivity contribution in [2.75, 3.05) is 13.6 Å². The monoisotopic (exact) mass is 472 g/mol. The molecule has 0 aromatic heterocycles. The molecule has 1 aromatic carbocycles. The van der Waals surface area contributed by atoms with Crippen LogP contribution in [0.3, 0.4) is 0 Å². The van der Waals surface area contributed by atoms with Crippen molar-refractivity contribution >= 4 is 10.0 Å². The number of benzene rings is 1. The van der Waals surface area contributed by atoms with E-state index in [1.807, 2.05) is 12.1 Å². The fraction of sp³-hybridized carbons (Fsp3) is 0.786. The minimum atomic E-state index is -3.62. The van der Waals surface area contributed by atoms with E-state index in [1.165, 1.54) is 69.8 Å². The van der Waals surface area contributed by atoms with Crippen LogP contribution in [0.25, 0.3) is 0 Å². The highest BCUT2D eigenvalue weighted by molar-refractivity contribution is 7.89. The summed E-state index contributed by atoms with van der Waals surface area (Å²) in [5, 5.41) is 5.24. The minimum absolute atomic E-state index is 0.198. The topological polar surface area (TPSA) is 63.4 Å². The van der Waals surface area contributed by atoms with Crippen LogP contribution in [0.4, 0.5) is 0 Å². The summed E-state index contributed by atoms with van der Waals surface area (Å²) in [4.78, 5) is 2.82. The Morgan fingerprint density at radius 2 is 1.64 bits per heavy atom. The molecule has 4 fully saturated rings. The largest absolute Gasteiger partial charge is 0.303 e. The molecule has 1 aromatic rings. The summed E-state index contributed by atoms with van der Waals surface area (Å²) in [5.74, 6) is 3.82. The van der Waals surface area contributed by atoms with E-state index in [-0.39, 0.29) is 4.90 Å². The molecule has 0 aliphatic heterocycles. The van der Waals surface area contributed by atoms with Gasteiger partial charge in [-0.05, 0) is 117 Å². The van der Waals surface area contributed by atoms with E-state index in [1.54, 1.807) is 12.1 Å². The molecule has 0 saturated heterocycles. The van der Waals surface area contributed by atoms with Crippen molar-refractivity contribution in [1.82, 2.24) is 4.90 Å². The van der Waals surface area contributed by atoms with Gasteiger partial charge in [-0.2, -0.15) is 0 Å². The van der Waals surface area contributed by atoms with Crippen molar-refractivity contribution in [3.8, 4) is 0 Å². The Balaban J connectivity index is 1.25. The molecule has 0 spiro atoms. The van der Waals surface area contributed by atoms with E-state index in [0.29, 0.717) is 16.9 Å². The van der Waals surface area contributed by atoms with Gasteiger partial charge in [-0.15, -0.1) is 0 Å². The molecule has 4 aliphatic rings. The second-order valence-corrected chi connectivity index (χ2v) is 14.0. The van der Waals surface area contributed by atoms with E-state index < -0.39 is 10.0 Å². The molecule has 5 rings (SSSR count). The van der Waals surface area contributed by atoms with Gasteiger partial charge in [0, 0.05) is 12.6 Å². The fourth-order valence-electron chi connectivity index (χ4n) is 9.30. The predicted molar refractivity (Wildman–Crippen MR) is 134 cm³/mol. The van der Waals surface area contributed by atoms with E-state index in [2.05, 4.69) is 25.8 Å². The van der Waals surface area contributed by atoms with Gasteiger partial charge in [0.05, 0.1) is 4.90 Å². The number of nitrogens with two attached hydrogens (primary N) is 1. The Labute approximate surface area is 201 Å². The zero-order valence-corrected chi connectivity index (χ0v) is 21.7. The second-order valence-electron chi connectivity index (χ2n) is 12.5. The Morgan fingerprint density at radius 3 is 2.36 bits per heavy atom. The van der Waals surface area contributed by atoms with Crippen LogP contribution in [0.1, 0.15) is 83.6 Å². The van der Waals surface area contributed by atoms with Gasteiger partial charge in [-0.3, -0.25) is 0 Å². The van der Waals surface area contributed by atoms with Crippen LogP contribution >= 0.6 is 0 Å². The molecular formula is C28H44N2O2S. The number of fused-ring (bicyclic) bond motifs is 5. The van der Waals surface area contributed by atoms with Gasteiger partial charge < -0.3 is 4.90 Å². The number of nitrogens with zero attached hydrogens (tertiary/aromatic N) is 1. The molecule has 0 bridgehead atoms. The molecule has 2 N–H and O–H groups in total. The third kappa shape index (κ3) is 4.10. The highest BCUT2D eigenvalue weighted by Gasteiger charge is 2.60. The Hall–Kier alpha value is -0.910. The van der Waals surface area contributed by atoms with Crippen LogP contribution in [-0.2, 0) is 16.4 Å². The standard InChI is InChI=1S/C28H44N2O2S/c1-27-17-5-4-6-21(27)9-12-23-24-13-14-26(28(24,2)18-15-25(23)27)30(3)19-16-20-7-10-22(11-8-20)33(29,31)32/h7-8,10-11,21,23-26H,4-6,9,12-19H2,1-3H3,(H2,29,31,32)/t21-,23+,24+,25+,26+,27+,28+/m1/s1. The first-order valence-corrected chi connectivity index (χ1v) is 15.0. The third-order valence-electron chi connectivity index (χ3n) is 11.1. The Bertz CT molecular complexity index is 961. The molecular weight excluding hydrogens is 428 g/mol. The first kappa shape index (κ1) is 23.8. The number of primary sulfonamides is 1. The molecule has 0 amide bonds. The molecule has 4 nitrogen and oxygen atoms in total. The Morgan fingerprint density at radius 1 is 0.909 bits per heavy atom. The lowest BCUT2D eigenvalue weighted by atomic mass is 9.45. The molecule has 184 valence electrons. The number of hydrogen-bond donors (Lipinski definition) is 1. The molecule has 4 aliphatic carbocycles. The van der Waals surface area contributed by atoms with Crippen LogP contribution < -0.4 is 5.14 Å². The van der Waals surface area contributed by atoms with E-state index in [0.717, 1.165) is 36.6 Å². The van der Waals surface area contributed by atoms with Crippen LogP contribution in [0.5, 0.6) is 0 Å². The van der Waals surface area contributed by atoms with Crippen molar-refractivity contribution in [2.24, 2.45) is 39.6 Å². The summed E-state index contributed by atoms with van der Waals surface area (Å²) in [6.07, 6.45) is 15.4. The van der Waals surface area contributed by atoms with Crippen LogP contribution in [-0.4, -0.2) is 33.0 Å². The number of hydrogen-bond acceptors (Lipinski definition) is 3. The quantitative estimate of drug-likeness (QED) is 0.606. The zero-order valence-electron chi connectivity index (χ0n) is 20.9. The van der Waals surface area contributed by atoms with Crippen molar-refractivity contribution in [3.63, 3.8) is 0 Å². The van der Waals surface area contributed by atoms with Crippen molar-refractivity contribution in [2.45, 2.75) is 95.4 Å². The van der Waals surface area contributed by atoms with E-state index in [4.69, 9.17) is 5.14 Å². The molecule has 0 radical (unpaired) electrons. The smallest absolute Gasteiger partial charge is 0.238 e. The average molecular weight is 473 g/mol. The summed E-state index contributed by atoms with van der Waals surface area (Å²) in [6, 6.07) is 7.79. The molecule has 5 heteroatoms. The SMILES string of the molecule is CN(CCc1ccc(S(N)(=O)=O)cc1)[C@H]1CC[C@H]2[C@@H]3CC[C@H]4CCCC[C@]4(C)[C@H]3CC[C@]12C. The maximum atomic E-state index is 11.5. The van der Waals surface area contributed by atoms with Gasteiger partial charge in [0.15, 0.2) is 0 Å². The highest BCUT2D eigenvalue weighted by Crippen LogP contribution is 2.66. The highest BCUT2D eigenvalue weighted by atomic mass is 32.2. The fourth-order valence-corrected chi connectivity index (χ4v) is 9.81. The van der Waals surface area contributed by atoms with E-state index >= 15 is 0 Å². The summed E-state index contributed by atoms with van der Waals surface area (Å²) in [6.45, 7) is 6.32. The van der Waals surface area contributed by atoms with Gasteiger partial charge in [0.25, 0.3) is 0 Å². The lowest BCUT2D eigenvalue weighted by molar-refractivity contribution is -0.113. The molecule has 0 unspecified atom stereocenters. The second kappa shape index (κ2) is 8.64. The number of sulfonamides is 1. The molecule has 4 saturated carbocycles. The zero-order chi connectivity index (χ0) is 23.4. The van der Waals surface area contributed by atoms with Crippen molar-refractivity contribution in [3.05, 3.63) is 29.8 Å². The molecule has 33 heavy (non-hydrogen) atoms. The lowest BCUT2D eigenvalue weighted by Gasteiger charge is -2.61. The summed E-state index contributed by atoms with van der Waals surface area (Å²) in [7, 11) is -1.30. The normalized spacial score (nSPS) is 40.8. The summed E-state index contributed by atoms with van der Waals surface area (Å²) < 4.78 is 23.0. The van der Waals surface area contributed by atoms with Crippen molar-refractivity contribution in [1.29, 1.82) is 0 Å². The number of rotatable bonds is 5. The van der Waals surface area contributed by atoms with Crippen LogP contribution in [0, 0.1) is 34.5 Å². The van der Waals surface area contributed by atoms with Gasteiger partial charge in [-0.25, -0.2) is 13.6 Å². The third-order valence-corrected chi connectivity index (χ3v) is 12.0.